The van der Waals surface area contributed by atoms with Gasteiger partial charge in [0.25, 0.3) is 0 Å². The Balaban J connectivity index is 0.943. The molecule has 4 bridgehead atoms. The van der Waals surface area contributed by atoms with Crippen molar-refractivity contribution in [1.82, 2.24) is 0 Å². The van der Waals surface area contributed by atoms with Crippen molar-refractivity contribution in [2.75, 3.05) is 4.90 Å². The van der Waals surface area contributed by atoms with E-state index < -0.39 is 5.41 Å². The molecule has 9 aromatic rings. The highest BCUT2D eigenvalue weighted by molar-refractivity contribution is 5.97. The molecule has 8 aliphatic carbocycles. The van der Waals surface area contributed by atoms with Crippen LogP contribution < -0.4 is 4.90 Å². The Kier molecular flexibility index (Phi) is 7.58. The molecular weight excluding hydrogens is 831 g/mol. The summed E-state index contributed by atoms with van der Waals surface area (Å²) in [5.74, 6) is 3.17. The van der Waals surface area contributed by atoms with Gasteiger partial charge in [0.15, 0.2) is 0 Å². The largest absolute Gasteiger partial charge is 0.310 e. The van der Waals surface area contributed by atoms with Crippen molar-refractivity contribution in [1.29, 1.82) is 0 Å². The van der Waals surface area contributed by atoms with Crippen LogP contribution in [0.25, 0.3) is 55.6 Å². The minimum absolute atomic E-state index is 0.0644. The van der Waals surface area contributed by atoms with Crippen molar-refractivity contribution in [2.24, 2.45) is 23.7 Å². The van der Waals surface area contributed by atoms with Gasteiger partial charge in [-0.2, -0.15) is 0 Å². The minimum Gasteiger partial charge on any atom is -0.310 e. The number of hydrogen-bond donors (Lipinski definition) is 0. The van der Waals surface area contributed by atoms with Gasteiger partial charge < -0.3 is 4.90 Å². The van der Waals surface area contributed by atoms with E-state index in [0.29, 0.717) is 11.8 Å². The smallest absolute Gasteiger partial charge is 0.0726 e. The molecular formula is C68H53N. The van der Waals surface area contributed by atoms with Crippen molar-refractivity contribution in [3.8, 4) is 55.6 Å². The van der Waals surface area contributed by atoms with Crippen LogP contribution >= 0.6 is 0 Å². The van der Waals surface area contributed by atoms with Gasteiger partial charge >= 0.3 is 0 Å². The molecule has 330 valence electrons. The van der Waals surface area contributed by atoms with Gasteiger partial charge in [-0.1, -0.05) is 178 Å². The molecule has 0 saturated heterocycles. The van der Waals surface area contributed by atoms with Gasteiger partial charge in [-0.25, -0.2) is 0 Å². The number of nitrogens with zero attached hydrogens (tertiary/aromatic N) is 1. The zero-order valence-corrected chi connectivity index (χ0v) is 39.3. The van der Waals surface area contributed by atoms with Crippen molar-refractivity contribution in [3.63, 3.8) is 0 Å². The maximum atomic E-state index is 2.68. The molecule has 69 heavy (non-hydrogen) atoms. The molecule has 9 aromatic carbocycles. The molecule has 4 saturated carbocycles. The first-order valence-corrected chi connectivity index (χ1v) is 25.8. The molecule has 17 rings (SSSR count). The van der Waals surface area contributed by atoms with Gasteiger partial charge in [0, 0.05) is 27.9 Å². The second kappa shape index (κ2) is 13.5. The maximum absolute atomic E-state index is 2.68. The van der Waals surface area contributed by atoms with Crippen LogP contribution in [0.1, 0.15) is 90.5 Å². The average molecular weight is 884 g/mol. The fourth-order valence-electron chi connectivity index (χ4n) is 16.8. The second-order valence-corrected chi connectivity index (χ2v) is 22.3. The molecule has 0 unspecified atom stereocenters. The van der Waals surface area contributed by atoms with Gasteiger partial charge in [-0.15, -0.1) is 0 Å². The topological polar surface area (TPSA) is 3.24 Å². The summed E-state index contributed by atoms with van der Waals surface area (Å²) >= 11 is 0. The van der Waals surface area contributed by atoms with E-state index in [1.165, 1.54) is 138 Å². The third-order valence-electron chi connectivity index (χ3n) is 19.0. The fourth-order valence-corrected chi connectivity index (χ4v) is 16.8. The lowest BCUT2D eigenvalue weighted by atomic mass is 9.43. The third-order valence-corrected chi connectivity index (χ3v) is 19.0. The molecule has 0 radical (unpaired) electrons. The highest BCUT2D eigenvalue weighted by Gasteiger charge is 2.62. The van der Waals surface area contributed by atoms with Gasteiger partial charge in [0.1, 0.15) is 0 Å². The first kappa shape index (κ1) is 38.7. The molecule has 0 atom stereocenters. The molecule has 2 spiro atoms. The van der Waals surface area contributed by atoms with Gasteiger partial charge in [-0.3, -0.25) is 0 Å². The highest BCUT2D eigenvalue weighted by atomic mass is 15.1. The Morgan fingerprint density at radius 1 is 0.333 bits per heavy atom. The highest BCUT2D eigenvalue weighted by Crippen LogP contribution is 2.70. The number of fused-ring (bicyclic) bond motifs is 16. The summed E-state index contributed by atoms with van der Waals surface area (Å²) in [6, 6.07) is 77.8. The Labute approximate surface area is 406 Å². The van der Waals surface area contributed by atoms with Crippen molar-refractivity contribution < 1.29 is 0 Å². The minimum atomic E-state index is -0.433. The van der Waals surface area contributed by atoms with Crippen LogP contribution in [0.4, 0.5) is 17.1 Å². The third kappa shape index (κ3) is 4.77. The van der Waals surface area contributed by atoms with Crippen LogP contribution in [-0.4, -0.2) is 0 Å². The van der Waals surface area contributed by atoms with Crippen molar-refractivity contribution in [3.05, 3.63) is 245 Å². The molecule has 0 N–H and O–H groups in total. The van der Waals surface area contributed by atoms with E-state index in [9.17, 15) is 0 Å². The fraction of sp³-hybridized carbons (Fsp3) is 0.206. The van der Waals surface area contributed by atoms with E-state index >= 15 is 0 Å². The molecule has 8 aliphatic rings. The van der Waals surface area contributed by atoms with E-state index in [0.717, 1.165) is 11.8 Å². The Bertz CT molecular complexity index is 3600. The summed E-state index contributed by atoms with van der Waals surface area (Å²) in [5, 5.41) is 0. The van der Waals surface area contributed by atoms with Crippen LogP contribution in [0, 0.1) is 23.7 Å². The summed E-state index contributed by atoms with van der Waals surface area (Å²) < 4.78 is 0. The predicted molar refractivity (Wildman–Crippen MR) is 284 cm³/mol. The van der Waals surface area contributed by atoms with Crippen LogP contribution in [0.2, 0.25) is 0 Å². The van der Waals surface area contributed by atoms with E-state index in [1.807, 2.05) is 0 Å². The zero-order chi connectivity index (χ0) is 45.4. The van der Waals surface area contributed by atoms with Gasteiger partial charge in [-0.05, 0) is 192 Å². The second-order valence-electron chi connectivity index (χ2n) is 22.3. The molecule has 0 aromatic heterocycles. The average Bonchev–Trinajstić information content (AvgIpc) is 4.04. The van der Waals surface area contributed by atoms with Crippen LogP contribution in [0.3, 0.4) is 0 Å². The van der Waals surface area contributed by atoms with Crippen LogP contribution in [0.15, 0.2) is 200 Å². The summed E-state index contributed by atoms with van der Waals surface area (Å²) in [4.78, 5) is 2.63. The monoisotopic (exact) mass is 883 g/mol. The SMILES string of the molecule is CC1(C)c2ccccc2-c2cccc(-c3cccc(N(c4ccc5c(c4)C4(c6ccccc6-c6ccccc64)c4ccccc4-5)c4ccc5c(c4)C4(c6ccccc6-5)C5CC6CC(C5)CC4C6)c3)c21. The summed E-state index contributed by atoms with van der Waals surface area (Å²) in [7, 11) is 0. The molecule has 0 heterocycles. The van der Waals surface area contributed by atoms with E-state index in [-0.39, 0.29) is 10.8 Å². The number of rotatable bonds is 4. The van der Waals surface area contributed by atoms with Gasteiger partial charge in [0.2, 0.25) is 0 Å². The Hall–Kier alpha value is -7.22. The molecule has 1 heteroatoms. The van der Waals surface area contributed by atoms with E-state index in [1.54, 1.807) is 11.1 Å². The zero-order valence-electron chi connectivity index (χ0n) is 39.3. The quantitative estimate of drug-likeness (QED) is 0.170. The summed E-state index contributed by atoms with van der Waals surface area (Å²) in [6.45, 7) is 4.83. The van der Waals surface area contributed by atoms with Crippen LogP contribution in [-0.2, 0) is 16.2 Å². The standard InChI is InChI=1S/C68H53N/c1-66(2)58-24-8-3-21-54(58)57-23-14-22-49(65(57)66)43-15-13-16-46(38-43)69(47-29-31-55-52-19-4-9-25-59(52)67(63(55)39-47)44-34-41-33-42(36-44)37-45(67)35-41)48-30-32-56-53-20-7-12-28-62(53)68(64(56)40-48)60-26-10-5-17-50(60)51-18-6-11-27-61(51)68/h3-32,38-42,44-45H,33-37H2,1-2H3. The molecule has 0 amide bonds. The lowest BCUT2D eigenvalue weighted by molar-refractivity contribution is -0.0399. The molecule has 1 nitrogen and oxygen atoms in total. The maximum Gasteiger partial charge on any atom is 0.0726 e. The number of anilines is 3. The Morgan fingerprint density at radius 2 is 0.754 bits per heavy atom. The summed E-state index contributed by atoms with van der Waals surface area (Å²) in [5.41, 5.74) is 28.2. The van der Waals surface area contributed by atoms with Crippen molar-refractivity contribution in [2.45, 2.75) is 62.2 Å². The molecule has 0 aliphatic heterocycles. The Morgan fingerprint density at radius 3 is 1.35 bits per heavy atom. The first-order chi connectivity index (χ1) is 33.9. The normalized spacial score (nSPS) is 23.2. The summed E-state index contributed by atoms with van der Waals surface area (Å²) in [6.07, 6.45) is 6.93. The van der Waals surface area contributed by atoms with E-state index in [4.69, 9.17) is 0 Å². The number of hydrogen-bond acceptors (Lipinski definition) is 1. The lowest BCUT2D eigenvalue weighted by Crippen LogP contribution is -2.55. The van der Waals surface area contributed by atoms with E-state index in [2.05, 4.69) is 219 Å². The predicted octanol–water partition coefficient (Wildman–Crippen LogP) is 17.2. The van der Waals surface area contributed by atoms with Gasteiger partial charge in [0.05, 0.1) is 5.41 Å². The van der Waals surface area contributed by atoms with Crippen LogP contribution in [0.5, 0.6) is 0 Å². The molecule has 4 fully saturated rings. The number of benzene rings is 9. The first-order valence-electron chi connectivity index (χ1n) is 25.8. The van der Waals surface area contributed by atoms with Crippen molar-refractivity contribution >= 4 is 17.1 Å². The lowest BCUT2D eigenvalue weighted by Gasteiger charge is -2.61.